The summed E-state index contributed by atoms with van der Waals surface area (Å²) in [5.74, 6) is 0. The molecule has 3 aliphatic rings. The number of aliphatic hydroxyl groups is 2. The standard InChI is InChI=1S/C22H21Cl3N6O11P2S2/c23-7-1-9-10(2-8(7)24)31(22(25)29-9)21-17-14(32)11(39-21)3-37-43(35,45)41-16-12(4-38-44(36,46)42-17)40-20(15(16)33)30-6-28-13-18(30)26-5-27-19(13)34/h1-2,5-6,11-12,14-17,20-21,32-33H,3-4H2,(H,35,45)(H,36,46)(H,26,27,34). The lowest BCUT2D eigenvalue weighted by Crippen LogP contribution is -2.36. The number of nitrogens with one attached hydrogen (secondary N) is 1. The van der Waals surface area contributed by atoms with Crippen molar-refractivity contribution in [2.45, 2.75) is 49.1 Å². The summed E-state index contributed by atoms with van der Waals surface area (Å²) in [4.78, 5) is 26.9. The molecule has 10 atom stereocenters. The van der Waals surface area contributed by atoms with Crippen molar-refractivity contribution in [3.63, 3.8) is 0 Å². The van der Waals surface area contributed by atoms with Crippen LogP contribution in [0.3, 0.4) is 0 Å². The third-order valence-electron chi connectivity index (χ3n) is 7.52. The van der Waals surface area contributed by atoms with Crippen molar-refractivity contribution in [3.05, 3.63) is 50.5 Å². The number of hydrogen-bond acceptors (Lipinski definition) is 14. The summed E-state index contributed by atoms with van der Waals surface area (Å²) in [7, 11) is 0. The fraction of sp³-hybridized carbons (Fsp3) is 0.455. The van der Waals surface area contributed by atoms with Gasteiger partial charge in [0, 0.05) is 0 Å². The van der Waals surface area contributed by atoms with E-state index in [-0.39, 0.29) is 26.5 Å². The van der Waals surface area contributed by atoms with Crippen molar-refractivity contribution in [2.75, 3.05) is 13.2 Å². The fourth-order valence-corrected chi connectivity index (χ4v) is 8.99. The number of nitrogens with zero attached hydrogens (tertiary/aromatic N) is 5. The lowest BCUT2D eigenvalue weighted by Gasteiger charge is -2.27. The van der Waals surface area contributed by atoms with Crippen LogP contribution in [0.1, 0.15) is 12.5 Å². The normalized spacial score (nSPS) is 37.2. The molecular formula is C22H21Cl3N6O11P2S2. The number of aromatic nitrogens is 6. The van der Waals surface area contributed by atoms with Crippen LogP contribution < -0.4 is 5.56 Å². The van der Waals surface area contributed by atoms with Crippen LogP contribution in [0, 0.1) is 0 Å². The average Bonchev–Trinajstić information content (AvgIpc) is 3.71. The predicted octanol–water partition coefficient (Wildman–Crippen LogP) is 3.54. The van der Waals surface area contributed by atoms with Crippen molar-refractivity contribution < 1.29 is 46.9 Å². The highest BCUT2D eigenvalue weighted by atomic mass is 35.5. The summed E-state index contributed by atoms with van der Waals surface area (Å²) in [6, 6.07) is 2.94. The maximum Gasteiger partial charge on any atom is 0.386 e. The average molecular weight is 778 g/mol. The highest BCUT2D eigenvalue weighted by molar-refractivity contribution is 8.44. The Balaban J connectivity index is 1.22. The number of hydrogen-bond donors (Lipinski definition) is 5. The molecule has 2 bridgehead atoms. The van der Waals surface area contributed by atoms with E-state index in [9.17, 15) is 24.1 Å². The molecule has 1 aromatic carbocycles. The van der Waals surface area contributed by atoms with E-state index in [0.717, 1.165) is 6.33 Å². The quantitative estimate of drug-likeness (QED) is 0.146. The predicted molar refractivity (Wildman–Crippen MR) is 168 cm³/mol. The number of aromatic amines is 1. The van der Waals surface area contributed by atoms with Crippen LogP contribution in [-0.2, 0) is 36.7 Å². The summed E-state index contributed by atoms with van der Waals surface area (Å²) in [6.45, 7) is -9.91. The molecule has 17 nitrogen and oxygen atoms in total. The van der Waals surface area contributed by atoms with Gasteiger partial charge in [-0.3, -0.25) is 32.0 Å². The molecule has 24 heteroatoms. The number of H-pyrrole nitrogens is 1. The molecule has 0 aliphatic carbocycles. The van der Waals surface area contributed by atoms with E-state index >= 15 is 0 Å². The Morgan fingerprint density at radius 3 is 2.30 bits per heavy atom. The second-order valence-electron chi connectivity index (χ2n) is 10.3. The zero-order valence-electron chi connectivity index (χ0n) is 22.6. The highest BCUT2D eigenvalue weighted by Gasteiger charge is 2.53. The molecule has 0 radical (unpaired) electrons. The number of benzene rings is 1. The Bertz CT molecular complexity index is 2000. The van der Waals surface area contributed by atoms with Gasteiger partial charge in [0.1, 0.15) is 36.6 Å². The molecule has 3 fully saturated rings. The van der Waals surface area contributed by atoms with Gasteiger partial charge in [-0.15, -0.1) is 0 Å². The molecule has 0 spiro atoms. The molecule has 10 unspecified atom stereocenters. The largest absolute Gasteiger partial charge is 0.387 e. The number of aliphatic hydroxyl groups excluding tert-OH is 2. The Morgan fingerprint density at radius 1 is 0.913 bits per heavy atom. The Kier molecular flexibility index (Phi) is 8.87. The molecule has 3 aliphatic heterocycles. The topological polar surface area (TPSA) is 211 Å². The first kappa shape index (κ1) is 33.3. The number of halogens is 3. The molecule has 0 amide bonds. The number of fused-ring (bicyclic) bond motifs is 5. The van der Waals surface area contributed by atoms with E-state index in [2.05, 4.69) is 44.4 Å². The maximum absolute atomic E-state index is 13.6. The van der Waals surface area contributed by atoms with Gasteiger partial charge in [-0.2, -0.15) is 0 Å². The summed E-state index contributed by atoms with van der Waals surface area (Å²) < 4.78 is 64.0. The Hall–Kier alpha value is -1.25. The van der Waals surface area contributed by atoms with E-state index in [1.165, 1.54) is 27.6 Å². The van der Waals surface area contributed by atoms with E-state index in [1.807, 2.05) is 0 Å². The Labute approximate surface area is 282 Å². The monoisotopic (exact) mass is 776 g/mol. The van der Waals surface area contributed by atoms with Crippen LogP contribution in [-0.4, -0.2) is 89.1 Å². The molecule has 4 aromatic rings. The minimum absolute atomic E-state index is 0.0335. The van der Waals surface area contributed by atoms with Crippen LogP contribution in [0.4, 0.5) is 0 Å². The summed E-state index contributed by atoms with van der Waals surface area (Å²) in [5, 5.41) is 22.7. The van der Waals surface area contributed by atoms with Gasteiger partial charge >= 0.3 is 13.6 Å². The molecule has 6 heterocycles. The zero-order chi connectivity index (χ0) is 32.7. The van der Waals surface area contributed by atoms with Crippen LogP contribution in [0.25, 0.3) is 22.2 Å². The van der Waals surface area contributed by atoms with Gasteiger partial charge in [0.15, 0.2) is 23.6 Å². The first-order chi connectivity index (χ1) is 21.7. The highest BCUT2D eigenvalue weighted by Crippen LogP contribution is 2.60. The lowest BCUT2D eigenvalue weighted by atomic mass is 10.1. The van der Waals surface area contributed by atoms with E-state index < -0.39 is 81.4 Å². The van der Waals surface area contributed by atoms with E-state index in [1.54, 1.807) is 0 Å². The number of ether oxygens (including phenoxy) is 2. The van der Waals surface area contributed by atoms with E-state index in [0.29, 0.717) is 11.0 Å². The fourth-order valence-electron chi connectivity index (χ4n) is 5.45. The molecule has 0 saturated carbocycles. The van der Waals surface area contributed by atoms with Crippen LogP contribution in [0.15, 0.2) is 29.6 Å². The zero-order valence-corrected chi connectivity index (χ0v) is 28.4. The smallest absolute Gasteiger partial charge is 0.386 e. The molecule has 3 N–H and O–H groups in total. The second kappa shape index (κ2) is 12.3. The third-order valence-corrected chi connectivity index (χ3v) is 11.7. The number of rotatable bonds is 2. The van der Waals surface area contributed by atoms with Gasteiger partial charge < -0.3 is 24.7 Å². The van der Waals surface area contributed by atoms with Crippen molar-refractivity contribution >= 4 is 95.1 Å². The maximum atomic E-state index is 13.6. The summed E-state index contributed by atoms with van der Waals surface area (Å²) in [5.41, 5.74) is 0.158. The van der Waals surface area contributed by atoms with Crippen molar-refractivity contribution in [2.24, 2.45) is 0 Å². The number of imidazole rings is 2. The first-order valence-corrected chi connectivity index (χ1v) is 19.7. The minimum Gasteiger partial charge on any atom is -0.387 e. The molecule has 3 saturated heterocycles. The van der Waals surface area contributed by atoms with Crippen molar-refractivity contribution in [1.82, 2.24) is 29.1 Å². The van der Waals surface area contributed by atoms with E-state index in [4.69, 9.17) is 62.4 Å². The molecule has 46 heavy (non-hydrogen) atoms. The van der Waals surface area contributed by atoms with Gasteiger partial charge in [-0.1, -0.05) is 47.7 Å². The van der Waals surface area contributed by atoms with Crippen LogP contribution in [0.2, 0.25) is 15.3 Å². The number of thiol groups is 2. The molecule has 248 valence electrons. The minimum atomic E-state index is -4.39. The van der Waals surface area contributed by atoms with Crippen molar-refractivity contribution in [1.29, 1.82) is 0 Å². The SMILES string of the molecule is O=c1[nH]cnc2c1ncn2C1OC2COP(=O)(S)OC3C(O)C(COP(=O)(S)OC2C1O)OC3n1c(Cl)nc2cc(Cl)c(Cl)cc21. The molecular weight excluding hydrogens is 757 g/mol. The second-order valence-corrected chi connectivity index (χ2v) is 17.2. The lowest BCUT2D eigenvalue weighted by molar-refractivity contribution is -0.0573. The molecule has 3 aromatic heterocycles. The van der Waals surface area contributed by atoms with Crippen LogP contribution in [0.5, 0.6) is 0 Å². The summed E-state index contributed by atoms with van der Waals surface area (Å²) >= 11 is 27.0. The van der Waals surface area contributed by atoms with Gasteiger partial charge in [0.05, 0.1) is 46.9 Å². The summed E-state index contributed by atoms with van der Waals surface area (Å²) in [6.07, 6.45) is -8.88. The molecule has 7 rings (SSSR count). The Morgan fingerprint density at radius 2 is 1.57 bits per heavy atom. The van der Waals surface area contributed by atoms with Gasteiger partial charge in [0.2, 0.25) is 5.28 Å². The van der Waals surface area contributed by atoms with Gasteiger partial charge in [-0.25, -0.2) is 24.1 Å². The first-order valence-electron chi connectivity index (χ1n) is 13.1. The van der Waals surface area contributed by atoms with Crippen molar-refractivity contribution in [3.8, 4) is 0 Å². The van der Waals surface area contributed by atoms with Gasteiger partial charge in [0.25, 0.3) is 5.56 Å². The third kappa shape index (κ3) is 5.97. The van der Waals surface area contributed by atoms with Gasteiger partial charge in [-0.05, 0) is 23.7 Å². The van der Waals surface area contributed by atoms with Crippen LogP contribution >= 0.6 is 72.9 Å².